The van der Waals surface area contributed by atoms with E-state index >= 15 is 0 Å². The molecule has 0 aliphatic carbocycles. The van der Waals surface area contributed by atoms with Crippen molar-refractivity contribution in [1.82, 2.24) is 14.9 Å². The van der Waals surface area contributed by atoms with Crippen LogP contribution in [0.25, 0.3) is 0 Å². The Labute approximate surface area is 172 Å². The molecule has 7 heteroatoms. The number of nitrogens with one attached hydrogen (secondary N) is 1. The molecule has 2 fully saturated rings. The maximum absolute atomic E-state index is 12.7. The van der Waals surface area contributed by atoms with Crippen LogP contribution in [-0.4, -0.2) is 60.2 Å². The molecule has 1 N–H and O–H groups in total. The second-order valence-electron chi connectivity index (χ2n) is 8.08. The highest BCUT2D eigenvalue weighted by molar-refractivity contribution is 5.90. The van der Waals surface area contributed by atoms with Gasteiger partial charge in [0, 0.05) is 56.7 Å². The van der Waals surface area contributed by atoms with Gasteiger partial charge in [-0.3, -0.25) is 0 Å². The molecule has 0 saturated carbocycles. The third-order valence-electron chi connectivity index (χ3n) is 5.74. The van der Waals surface area contributed by atoms with Gasteiger partial charge in [0.05, 0.1) is 0 Å². The number of hydrogen-bond donors (Lipinski definition) is 1. The zero-order chi connectivity index (χ0) is 20.4. The zero-order valence-corrected chi connectivity index (χ0v) is 17.6. The fourth-order valence-electron chi connectivity index (χ4n) is 3.96. The molecule has 0 radical (unpaired) electrons. The average molecular weight is 395 g/mol. The van der Waals surface area contributed by atoms with E-state index in [0.717, 1.165) is 60.5 Å². The molecule has 2 saturated heterocycles. The van der Waals surface area contributed by atoms with E-state index in [2.05, 4.69) is 26.2 Å². The zero-order valence-electron chi connectivity index (χ0n) is 17.6. The molecule has 0 bridgehead atoms. The Morgan fingerprint density at radius 2 is 1.62 bits per heavy atom. The van der Waals surface area contributed by atoms with Gasteiger partial charge in [0.15, 0.2) is 0 Å². The molecule has 1 aromatic heterocycles. The average Bonchev–Trinajstić information content (AvgIpc) is 3.25. The van der Waals surface area contributed by atoms with Crippen LogP contribution in [0.5, 0.6) is 0 Å². The van der Waals surface area contributed by atoms with Gasteiger partial charge in [0.1, 0.15) is 5.82 Å². The summed E-state index contributed by atoms with van der Waals surface area (Å²) >= 11 is 0. The van der Waals surface area contributed by atoms with Crippen LogP contribution < -0.4 is 15.1 Å². The smallest absolute Gasteiger partial charge is 0.321 e. The number of carbonyl (C=O) groups is 1. The third kappa shape index (κ3) is 4.44. The van der Waals surface area contributed by atoms with Gasteiger partial charge in [-0.25, -0.2) is 9.78 Å². The number of piperazine rings is 1. The van der Waals surface area contributed by atoms with Crippen molar-refractivity contribution in [3.05, 3.63) is 41.1 Å². The summed E-state index contributed by atoms with van der Waals surface area (Å²) in [5.74, 6) is 1.81. The molecule has 3 heterocycles. The number of rotatable bonds is 3. The van der Waals surface area contributed by atoms with E-state index in [1.54, 1.807) is 0 Å². The lowest BCUT2D eigenvalue weighted by atomic mass is 10.1. The molecule has 7 nitrogen and oxygen atoms in total. The lowest BCUT2D eigenvalue weighted by Gasteiger charge is -2.35. The molecular weight excluding hydrogens is 364 g/mol. The van der Waals surface area contributed by atoms with E-state index in [4.69, 9.17) is 4.98 Å². The number of urea groups is 1. The molecule has 0 unspecified atom stereocenters. The predicted octanol–water partition coefficient (Wildman–Crippen LogP) is 3.36. The van der Waals surface area contributed by atoms with E-state index in [1.807, 2.05) is 43.9 Å². The van der Waals surface area contributed by atoms with E-state index in [1.165, 1.54) is 12.8 Å². The number of nitrogens with zero attached hydrogens (tertiary/aromatic N) is 5. The summed E-state index contributed by atoms with van der Waals surface area (Å²) in [4.78, 5) is 28.6. The summed E-state index contributed by atoms with van der Waals surface area (Å²) in [6.45, 7) is 11.1. The molecule has 2 amide bonds. The number of amides is 2. The highest BCUT2D eigenvalue weighted by atomic mass is 16.2. The van der Waals surface area contributed by atoms with Crippen molar-refractivity contribution in [3.63, 3.8) is 0 Å². The second kappa shape index (κ2) is 8.27. The van der Waals surface area contributed by atoms with Crippen molar-refractivity contribution in [2.75, 3.05) is 54.4 Å². The Morgan fingerprint density at radius 3 is 2.34 bits per heavy atom. The van der Waals surface area contributed by atoms with E-state index in [9.17, 15) is 4.79 Å². The Bertz CT molecular complexity index is 885. The number of hydrogen-bond acceptors (Lipinski definition) is 5. The van der Waals surface area contributed by atoms with Gasteiger partial charge in [0.2, 0.25) is 5.95 Å². The van der Waals surface area contributed by atoms with E-state index in [0.29, 0.717) is 13.1 Å². The van der Waals surface area contributed by atoms with Crippen LogP contribution in [0, 0.1) is 20.8 Å². The van der Waals surface area contributed by atoms with Gasteiger partial charge >= 0.3 is 6.03 Å². The number of aryl methyl sites for hydroxylation is 3. The van der Waals surface area contributed by atoms with Crippen molar-refractivity contribution in [2.24, 2.45) is 0 Å². The van der Waals surface area contributed by atoms with Gasteiger partial charge in [-0.15, -0.1) is 0 Å². The van der Waals surface area contributed by atoms with Crippen molar-refractivity contribution in [2.45, 2.75) is 33.6 Å². The van der Waals surface area contributed by atoms with Gasteiger partial charge in [-0.2, -0.15) is 4.98 Å². The second-order valence-corrected chi connectivity index (χ2v) is 8.08. The van der Waals surface area contributed by atoms with Crippen LogP contribution in [-0.2, 0) is 0 Å². The first-order valence-corrected chi connectivity index (χ1v) is 10.5. The fraction of sp³-hybridized carbons (Fsp3) is 0.500. The highest BCUT2D eigenvalue weighted by Crippen LogP contribution is 2.22. The van der Waals surface area contributed by atoms with Crippen molar-refractivity contribution < 1.29 is 4.79 Å². The Morgan fingerprint density at radius 1 is 0.897 bits per heavy atom. The highest BCUT2D eigenvalue weighted by Gasteiger charge is 2.24. The standard InChI is InChI=1S/C22H30N6O/c1-16-6-7-17(2)19(14-16)24-22(29)28-12-10-26(11-13-28)20-15-18(3)23-21(25-20)27-8-4-5-9-27/h6-7,14-15H,4-5,8-13H2,1-3H3,(H,24,29). The fourth-order valence-corrected chi connectivity index (χ4v) is 3.96. The van der Waals surface area contributed by atoms with Crippen LogP contribution >= 0.6 is 0 Å². The summed E-state index contributed by atoms with van der Waals surface area (Å²) in [7, 11) is 0. The minimum Gasteiger partial charge on any atom is -0.353 e. The topological polar surface area (TPSA) is 64.6 Å². The van der Waals surface area contributed by atoms with Crippen molar-refractivity contribution >= 4 is 23.5 Å². The Kier molecular flexibility index (Phi) is 5.56. The molecule has 29 heavy (non-hydrogen) atoms. The van der Waals surface area contributed by atoms with Gasteiger partial charge in [-0.1, -0.05) is 12.1 Å². The summed E-state index contributed by atoms with van der Waals surface area (Å²) in [5, 5.41) is 3.07. The molecule has 1 aromatic carbocycles. The van der Waals surface area contributed by atoms with Gasteiger partial charge in [-0.05, 0) is 50.8 Å². The van der Waals surface area contributed by atoms with Gasteiger partial charge in [0.25, 0.3) is 0 Å². The molecule has 2 aromatic rings. The summed E-state index contributed by atoms with van der Waals surface area (Å²) < 4.78 is 0. The predicted molar refractivity (Wildman–Crippen MR) is 117 cm³/mol. The molecule has 4 rings (SSSR count). The largest absolute Gasteiger partial charge is 0.353 e. The number of benzene rings is 1. The van der Waals surface area contributed by atoms with Crippen molar-refractivity contribution in [3.8, 4) is 0 Å². The minimum atomic E-state index is -0.0324. The first-order chi connectivity index (χ1) is 14.0. The quantitative estimate of drug-likeness (QED) is 0.865. The molecule has 2 aliphatic heterocycles. The van der Waals surface area contributed by atoms with Crippen LogP contribution in [0.2, 0.25) is 0 Å². The Balaban J connectivity index is 1.39. The number of anilines is 3. The van der Waals surface area contributed by atoms with Crippen LogP contribution in [0.4, 0.5) is 22.2 Å². The summed E-state index contributed by atoms with van der Waals surface area (Å²) in [6.07, 6.45) is 2.42. The minimum absolute atomic E-state index is 0.0324. The molecule has 0 atom stereocenters. The first-order valence-electron chi connectivity index (χ1n) is 10.5. The monoisotopic (exact) mass is 394 g/mol. The maximum atomic E-state index is 12.7. The summed E-state index contributed by atoms with van der Waals surface area (Å²) in [5.41, 5.74) is 4.10. The molecule has 0 spiro atoms. The van der Waals surface area contributed by atoms with Crippen LogP contribution in [0.15, 0.2) is 24.3 Å². The third-order valence-corrected chi connectivity index (χ3v) is 5.74. The number of carbonyl (C=O) groups excluding carboxylic acids is 1. The normalized spacial score (nSPS) is 17.0. The van der Waals surface area contributed by atoms with Gasteiger partial charge < -0.3 is 20.0 Å². The van der Waals surface area contributed by atoms with E-state index < -0.39 is 0 Å². The first kappa shape index (κ1) is 19.5. The number of aromatic nitrogens is 2. The lowest BCUT2D eigenvalue weighted by molar-refractivity contribution is 0.208. The van der Waals surface area contributed by atoms with Crippen LogP contribution in [0.3, 0.4) is 0 Å². The van der Waals surface area contributed by atoms with E-state index in [-0.39, 0.29) is 6.03 Å². The summed E-state index contributed by atoms with van der Waals surface area (Å²) in [6, 6.07) is 8.13. The Hall–Kier alpha value is -2.83. The van der Waals surface area contributed by atoms with Crippen LogP contribution in [0.1, 0.15) is 29.7 Å². The molecular formula is C22H30N6O. The molecule has 154 valence electrons. The lowest BCUT2D eigenvalue weighted by Crippen LogP contribution is -2.50. The SMILES string of the molecule is Cc1ccc(C)c(NC(=O)N2CCN(c3cc(C)nc(N4CCCC4)n3)CC2)c1. The maximum Gasteiger partial charge on any atom is 0.321 e. The molecule has 2 aliphatic rings. The van der Waals surface area contributed by atoms with Crippen molar-refractivity contribution in [1.29, 1.82) is 0 Å².